The van der Waals surface area contributed by atoms with Gasteiger partial charge in [0.05, 0.1) is 5.56 Å². The summed E-state index contributed by atoms with van der Waals surface area (Å²) < 4.78 is 44.5. The first-order chi connectivity index (χ1) is 12.9. The second kappa shape index (κ2) is 7.19. The third-order valence-corrected chi connectivity index (χ3v) is 5.46. The van der Waals surface area contributed by atoms with E-state index in [9.17, 15) is 13.2 Å². The molecule has 4 heterocycles. The molecule has 3 aromatic heterocycles. The highest BCUT2D eigenvalue weighted by Gasteiger charge is 2.32. The number of thiazole rings is 1. The van der Waals surface area contributed by atoms with Crippen molar-refractivity contribution in [3.8, 4) is 5.19 Å². The number of piperidine rings is 1. The van der Waals surface area contributed by atoms with Crippen LogP contribution in [0.25, 0.3) is 10.3 Å². The number of alkyl halides is 3. The second-order valence-electron chi connectivity index (χ2n) is 6.01. The molecule has 6 nitrogen and oxygen atoms in total. The molecule has 0 saturated carbocycles. The fourth-order valence-electron chi connectivity index (χ4n) is 2.77. The topological polar surface area (TPSA) is 64.0 Å². The van der Waals surface area contributed by atoms with Gasteiger partial charge >= 0.3 is 6.18 Å². The maximum atomic E-state index is 12.6. The van der Waals surface area contributed by atoms with Gasteiger partial charge in [0.25, 0.3) is 5.19 Å². The fraction of sp³-hybridized carbons (Fsp3) is 0.375. The fourth-order valence-corrected chi connectivity index (χ4v) is 4.05. The molecule has 0 amide bonds. The molecule has 142 valence electrons. The van der Waals surface area contributed by atoms with Crippen LogP contribution in [0.2, 0.25) is 0 Å². The molecule has 0 unspecified atom stereocenters. The zero-order valence-electron chi connectivity index (χ0n) is 13.8. The van der Waals surface area contributed by atoms with Crippen LogP contribution in [0.4, 0.5) is 19.1 Å². The maximum Gasteiger partial charge on any atom is 0.419 e. The van der Waals surface area contributed by atoms with Crippen LogP contribution in [0.5, 0.6) is 5.19 Å². The lowest BCUT2D eigenvalue weighted by atomic mass is 10.1. The highest BCUT2D eigenvalue weighted by molar-refractivity contribution is 9.10. The van der Waals surface area contributed by atoms with Crippen molar-refractivity contribution in [3.63, 3.8) is 0 Å². The highest BCUT2D eigenvalue weighted by Crippen LogP contribution is 2.31. The lowest BCUT2D eigenvalue weighted by Gasteiger charge is -2.31. The van der Waals surface area contributed by atoms with Gasteiger partial charge in [-0.15, -0.1) is 0 Å². The molecule has 0 spiro atoms. The molecule has 0 N–H and O–H groups in total. The Hall–Kier alpha value is -2.01. The van der Waals surface area contributed by atoms with Gasteiger partial charge < -0.3 is 9.64 Å². The van der Waals surface area contributed by atoms with Gasteiger partial charge in [0, 0.05) is 38.3 Å². The summed E-state index contributed by atoms with van der Waals surface area (Å²) in [6, 6.07) is 3.70. The first-order valence-corrected chi connectivity index (χ1v) is 9.73. The molecular formula is C16H13BrF3N5OS. The van der Waals surface area contributed by atoms with Crippen LogP contribution in [0.1, 0.15) is 18.4 Å². The SMILES string of the molecule is FC(F)(F)c1cnc(N2CCC(Oc3nc4ccc(Br)nc4s3)CC2)nc1. The second-order valence-corrected chi connectivity index (χ2v) is 7.76. The van der Waals surface area contributed by atoms with E-state index in [1.807, 2.05) is 17.0 Å². The van der Waals surface area contributed by atoms with Gasteiger partial charge in [-0.05, 0) is 28.1 Å². The molecule has 3 aromatic rings. The van der Waals surface area contributed by atoms with Crippen molar-refractivity contribution in [2.45, 2.75) is 25.1 Å². The summed E-state index contributed by atoms with van der Waals surface area (Å²) in [5.41, 5.74) is -0.0608. The summed E-state index contributed by atoms with van der Waals surface area (Å²) in [6.07, 6.45) is -1.40. The van der Waals surface area contributed by atoms with Crippen LogP contribution in [0, 0.1) is 0 Å². The molecule has 0 aliphatic carbocycles. The zero-order chi connectivity index (χ0) is 19.0. The molecule has 1 saturated heterocycles. The van der Waals surface area contributed by atoms with Crippen molar-refractivity contribution in [2.75, 3.05) is 18.0 Å². The van der Waals surface area contributed by atoms with Gasteiger partial charge in [-0.3, -0.25) is 0 Å². The Bertz CT molecular complexity index is 941. The third-order valence-electron chi connectivity index (χ3n) is 4.16. The Kier molecular flexibility index (Phi) is 4.89. The monoisotopic (exact) mass is 459 g/mol. The molecule has 0 radical (unpaired) electrons. The molecule has 0 aromatic carbocycles. The van der Waals surface area contributed by atoms with Crippen LogP contribution in [0.3, 0.4) is 0 Å². The summed E-state index contributed by atoms with van der Waals surface area (Å²) in [4.78, 5) is 19.1. The van der Waals surface area contributed by atoms with Gasteiger partial charge in [0.1, 0.15) is 21.1 Å². The molecule has 27 heavy (non-hydrogen) atoms. The van der Waals surface area contributed by atoms with E-state index in [-0.39, 0.29) is 6.10 Å². The van der Waals surface area contributed by atoms with Crippen LogP contribution in [-0.4, -0.2) is 39.1 Å². The minimum Gasteiger partial charge on any atom is -0.467 e. The number of ether oxygens (including phenoxy) is 1. The number of pyridine rings is 1. The number of halogens is 4. The molecular weight excluding hydrogens is 447 g/mol. The quantitative estimate of drug-likeness (QED) is 0.543. The van der Waals surface area contributed by atoms with E-state index in [1.54, 1.807) is 0 Å². The number of hydrogen-bond donors (Lipinski definition) is 0. The van der Waals surface area contributed by atoms with Crippen molar-refractivity contribution in [3.05, 3.63) is 34.7 Å². The first-order valence-electron chi connectivity index (χ1n) is 8.12. The van der Waals surface area contributed by atoms with Crippen LogP contribution in [-0.2, 0) is 6.18 Å². The van der Waals surface area contributed by atoms with Crippen molar-refractivity contribution >= 4 is 43.6 Å². The Morgan fingerprint density at radius 2 is 1.81 bits per heavy atom. The number of nitrogens with zero attached hydrogens (tertiary/aromatic N) is 5. The van der Waals surface area contributed by atoms with E-state index in [2.05, 4.69) is 35.9 Å². The van der Waals surface area contributed by atoms with Gasteiger partial charge in [-0.25, -0.2) is 19.9 Å². The smallest absolute Gasteiger partial charge is 0.419 e. The Balaban J connectivity index is 1.37. The summed E-state index contributed by atoms with van der Waals surface area (Å²) in [5.74, 6) is 0.301. The Labute approximate surface area is 164 Å². The predicted octanol–water partition coefficient (Wildman–Crippen LogP) is 4.31. The third kappa shape index (κ3) is 4.13. The average Bonchev–Trinajstić information content (AvgIpc) is 3.03. The van der Waals surface area contributed by atoms with Crippen LogP contribution >= 0.6 is 27.3 Å². The lowest BCUT2D eigenvalue weighted by molar-refractivity contribution is -0.138. The van der Waals surface area contributed by atoms with Gasteiger partial charge in [-0.1, -0.05) is 11.3 Å². The largest absolute Gasteiger partial charge is 0.467 e. The Morgan fingerprint density at radius 3 is 2.48 bits per heavy atom. The molecule has 4 rings (SSSR count). The minimum absolute atomic E-state index is 0.0142. The van der Waals surface area contributed by atoms with E-state index in [0.717, 1.165) is 27.3 Å². The van der Waals surface area contributed by atoms with Gasteiger partial charge in [-0.2, -0.15) is 13.2 Å². The van der Waals surface area contributed by atoms with E-state index in [4.69, 9.17) is 4.74 Å². The van der Waals surface area contributed by atoms with E-state index in [1.165, 1.54) is 11.3 Å². The molecule has 1 aliphatic heterocycles. The Morgan fingerprint density at radius 1 is 1.11 bits per heavy atom. The zero-order valence-corrected chi connectivity index (χ0v) is 16.2. The predicted molar refractivity (Wildman–Crippen MR) is 98.0 cm³/mol. The minimum atomic E-state index is -4.43. The summed E-state index contributed by atoms with van der Waals surface area (Å²) in [6.45, 7) is 1.20. The van der Waals surface area contributed by atoms with Crippen molar-refractivity contribution in [2.24, 2.45) is 0 Å². The number of hydrogen-bond acceptors (Lipinski definition) is 7. The van der Waals surface area contributed by atoms with Crippen molar-refractivity contribution in [1.82, 2.24) is 19.9 Å². The number of fused-ring (bicyclic) bond motifs is 1. The van der Waals surface area contributed by atoms with E-state index >= 15 is 0 Å². The molecule has 1 aliphatic rings. The van der Waals surface area contributed by atoms with Crippen LogP contribution in [0.15, 0.2) is 29.1 Å². The summed E-state index contributed by atoms with van der Waals surface area (Å²) in [7, 11) is 0. The first kappa shape index (κ1) is 18.4. The molecule has 1 fully saturated rings. The normalized spacial score (nSPS) is 16.1. The van der Waals surface area contributed by atoms with Crippen LogP contribution < -0.4 is 9.64 Å². The van der Waals surface area contributed by atoms with E-state index < -0.39 is 11.7 Å². The summed E-state index contributed by atoms with van der Waals surface area (Å²) >= 11 is 4.72. The van der Waals surface area contributed by atoms with Crippen molar-refractivity contribution in [1.29, 1.82) is 0 Å². The maximum absolute atomic E-state index is 12.6. The number of aromatic nitrogens is 4. The standard InChI is InChI=1S/C16H13BrF3N5OS/c17-12-2-1-11-13(24-12)27-15(23-11)26-10-3-5-25(6-4-10)14-21-7-9(8-22-14)16(18,19)20/h1-2,7-8,10H,3-6H2. The number of rotatable bonds is 3. The molecule has 0 atom stereocenters. The van der Waals surface area contributed by atoms with Gasteiger partial charge in [0.2, 0.25) is 5.95 Å². The van der Waals surface area contributed by atoms with E-state index in [0.29, 0.717) is 37.1 Å². The number of anilines is 1. The van der Waals surface area contributed by atoms with Gasteiger partial charge in [0.15, 0.2) is 0 Å². The molecule has 11 heteroatoms. The average molecular weight is 460 g/mol. The highest BCUT2D eigenvalue weighted by atomic mass is 79.9. The summed E-state index contributed by atoms with van der Waals surface area (Å²) in [5, 5.41) is 0.569. The van der Waals surface area contributed by atoms with Crippen molar-refractivity contribution < 1.29 is 17.9 Å². The lowest BCUT2D eigenvalue weighted by Crippen LogP contribution is -2.39. The molecule has 0 bridgehead atoms.